The highest BCUT2D eigenvalue weighted by molar-refractivity contribution is 5.96. The molecule has 0 aliphatic heterocycles. The minimum Gasteiger partial charge on any atom is -0.493 e. The Kier molecular flexibility index (Phi) is 7.67. The van der Waals surface area contributed by atoms with E-state index in [4.69, 9.17) is 4.74 Å². The molecule has 156 valence electrons. The van der Waals surface area contributed by atoms with Crippen molar-refractivity contribution >= 4 is 17.4 Å². The van der Waals surface area contributed by atoms with Crippen LogP contribution in [0.15, 0.2) is 42.5 Å². The van der Waals surface area contributed by atoms with Gasteiger partial charge in [0.1, 0.15) is 0 Å². The lowest BCUT2D eigenvalue weighted by atomic mass is 10.1. The molecule has 0 saturated carbocycles. The molecule has 1 N–H and O–H groups in total. The van der Waals surface area contributed by atoms with Gasteiger partial charge in [0.15, 0.2) is 17.3 Å². The first-order chi connectivity index (χ1) is 13.7. The van der Waals surface area contributed by atoms with Gasteiger partial charge in [-0.1, -0.05) is 6.07 Å². The third kappa shape index (κ3) is 6.25. The molecular weight excluding hydrogens is 382 g/mol. The lowest BCUT2D eigenvalue weighted by Gasteiger charge is -2.24. The van der Waals surface area contributed by atoms with Crippen LogP contribution in [0.25, 0.3) is 0 Å². The standard InChI is InChI=1S/C21H24F2N2O4/c1-13(20(27)24-17-8-6-16(7-9-17)14(2)26)25(3)12-15-5-10-18(29-21(22)23)19(11-15)28-4/h5-11,13,21H,12H2,1-4H3,(H,24,27)/t13-/m0/s1. The Morgan fingerprint density at radius 1 is 1.10 bits per heavy atom. The van der Waals surface area contributed by atoms with Crippen molar-refractivity contribution < 1.29 is 27.8 Å². The van der Waals surface area contributed by atoms with Gasteiger partial charge in [0.05, 0.1) is 13.2 Å². The van der Waals surface area contributed by atoms with E-state index in [0.29, 0.717) is 17.8 Å². The van der Waals surface area contributed by atoms with E-state index in [0.717, 1.165) is 5.56 Å². The molecule has 29 heavy (non-hydrogen) atoms. The van der Waals surface area contributed by atoms with Gasteiger partial charge in [-0.05, 0) is 62.9 Å². The van der Waals surface area contributed by atoms with E-state index in [1.54, 1.807) is 50.4 Å². The summed E-state index contributed by atoms with van der Waals surface area (Å²) in [5.74, 6) is -0.114. The molecule has 0 fully saturated rings. The monoisotopic (exact) mass is 406 g/mol. The summed E-state index contributed by atoms with van der Waals surface area (Å²) in [5.41, 5.74) is 1.94. The number of alkyl halides is 2. The van der Waals surface area contributed by atoms with Crippen molar-refractivity contribution in [3.63, 3.8) is 0 Å². The number of rotatable bonds is 9. The number of Topliss-reactive ketones (excluding diaryl/α,β-unsaturated/α-hetero) is 1. The van der Waals surface area contributed by atoms with Crippen LogP contribution in [0.4, 0.5) is 14.5 Å². The highest BCUT2D eigenvalue weighted by Gasteiger charge is 2.19. The van der Waals surface area contributed by atoms with Crippen LogP contribution in [-0.2, 0) is 11.3 Å². The fraction of sp³-hybridized carbons (Fsp3) is 0.333. The molecule has 0 aliphatic carbocycles. The Bertz CT molecular complexity index is 856. The number of halogens is 2. The van der Waals surface area contributed by atoms with Crippen LogP contribution in [0, 0.1) is 0 Å². The molecule has 0 aromatic heterocycles. The molecule has 0 radical (unpaired) electrons. The summed E-state index contributed by atoms with van der Waals surface area (Å²) in [7, 11) is 3.15. The molecule has 2 aromatic carbocycles. The Morgan fingerprint density at radius 2 is 1.76 bits per heavy atom. The van der Waals surface area contributed by atoms with E-state index in [-0.39, 0.29) is 23.2 Å². The second-order valence-electron chi connectivity index (χ2n) is 6.58. The molecule has 0 spiro atoms. The lowest BCUT2D eigenvalue weighted by Crippen LogP contribution is -2.39. The minimum absolute atomic E-state index is 0.0450. The van der Waals surface area contributed by atoms with E-state index in [1.807, 2.05) is 4.90 Å². The minimum atomic E-state index is -2.94. The maximum absolute atomic E-state index is 12.5. The number of carbonyl (C=O) groups excluding carboxylic acids is 2. The molecule has 2 aromatic rings. The van der Waals surface area contributed by atoms with E-state index < -0.39 is 12.7 Å². The molecule has 6 nitrogen and oxygen atoms in total. The molecule has 0 saturated heterocycles. The number of carbonyl (C=O) groups is 2. The highest BCUT2D eigenvalue weighted by atomic mass is 19.3. The number of likely N-dealkylation sites (N-methyl/N-ethyl adjacent to an activating group) is 1. The lowest BCUT2D eigenvalue weighted by molar-refractivity contribution is -0.120. The number of hydrogen-bond acceptors (Lipinski definition) is 5. The average molecular weight is 406 g/mol. The smallest absolute Gasteiger partial charge is 0.387 e. The second kappa shape index (κ2) is 9.97. The summed E-state index contributed by atoms with van der Waals surface area (Å²) in [6.45, 7) is 0.686. The quantitative estimate of drug-likeness (QED) is 0.639. The zero-order valence-corrected chi connectivity index (χ0v) is 16.7. The third-order valence-corrected chi connectivity index (χ3v) is 4.48. The van der Waals surface area contributed by atoms with Gasteiger partial charge in [-0.25, -0.2) is 0 Å². The normalized spacial score (nSPS) is 12.0. The summed E-state index contributed by atoms with van der Waals surface area (Å²) in [5, 5.41) is 2.81. The van der Waals surface area contributed by atoms with Gasteiger partial charge in [0.25, 0.3) is 0 Å². The van der Waals surface area contributed by atoms with Crippen LogP contribution in [0.5, 0.6) is 11.5 Å². The molecule has 8 heteroatoms. The van der Waals surface area contributed by atoms with Crippen LogP contribution in [0.2, 0.25) is 0 Å². The zero-order chi connectivity index (χ0) is 21.6. The highest BCUT2D eigenvalue weighted by Crippen LogP contribution is 2.30. The summed E-state index contributed by atoms with van der Waals surface area (Å²) in [4.78, 5) is 25.6. The number of nitrogens with one attached hydrogen (secondary N) is 1. The maximum Gasteiger partial charge on any atom is 0.387 e. The molecule has 1 amide bonds. The van der Waals surface area contributed by atoms with E-state index in [2.05, 4.69) is 10.1 Å². The van der Waals surface area contributed by atoms with Gasteiger partial charge in [0.2, 0.25) is 5.91 Å². The zero-order valence-electron chi connectivity index (χ0n) is 16.7. The van der Waals surface area contributed by atoms with Gasteiger partial charge >= 0.3 is 6.61 Å². The van der Waals surface area contributed by atoms with E-state index in [1.165, 1.54) is 20.1 Å². The van der Waals surface area contributed by atoms with E-state index >= 15 is 0 Å². The summed E-state index contributed by atoms with van der Waals surface area (Å²) >= 11 is 0. The second-order valence-corrected chi connectivity index (χ2v) is 6.58. The number of anilines is 1. The van der Waals surface area contributed by atoms with Crippen LogP contribution in [-0.4, -0.2) is 43.4 Å². The molecule has 0 unspecified atom stereocenters. The van der Waals surface area contributed by atoms with Gasteiger partial charge in [-0.2, -0.15) is 8.78 Å². The Balaban J connectivity index is 2.01. The van der Waals surface area contributed by atoms with Gasteiger partial charge in [0, 0.05) is 17.8 Å². The Hall–Kier alpha value is -3.00. The topological polar surface area (TPSA) is 67.9 Å². The largest absolute Gasteiger partial charge is 0.493 e. The summed E-state index contributed by atoms with van der Waals surface area (Å²) in [6.07, 6.45) is 0. The molecule has 0 heterocycles. The number of hydrogen-bond donors (Lipinski definition) is 1. The number of nitrogens with zero attached hydrogens (tertiary/aromatic N) is 1. The van der Waals surface area contributed by atoms with Gasteiger partial charge in [-0.3, -0.25) is 14.5 Å². The average Bonchev–Trinajstić information content (AvgIpc) is 2.68. The maximum atomic E-state index is 12.5. The number of ether oxygens (including phenoxy) is 2. The molecular formula is C21H24F2N2O4. The van der Waals surface area contributed by atoms with Gasteiger partial charge < -0.3 is 14.8 Å². The van der Waals surface area contributed by atoms with Crippen molar-refractivity contribution in [3.8, 4) is 11.5 Å². The molecule has 1 atom stereocenters. The summed E-state index contributed by atoms with van der Waals surface area (Å²) < 4.78 is 34.4. The van der Waals surface area contributed by atoms with E-state index in [9.17, 15) is 18.4 Å². The SMILES string of the molecule is COc1cc(CN(C)[C@@H](C)C(=O)Nc2ccc(C(C)=O)cc2)ccc1OC(F)F. The van der Waals surface area contributed by atoms with Crippen LogP contribution < -0.4 is 14.8 Å². The predicted octanol–water partition coefficient (Wildman–Crippen LogP) is 3.96. The fourth-order valence-electron chi connectivity index (χ4n) is 2.66. The first kappa shape index (κ1) is 22.3. The first-order valence-electron chi connectivity index (χ1n) is 8.95. The Labute approximate surface area is 168 Å². The molecule has 0 aliphatic rings. The van der Waals surface area contributed by atoms with Crippen molar-refractivity contribution in [1.82, 2.24) is 4.90 Å². The summed E-state index contributed by atoms with van der Waals surface area (Å²) in [6, 6.07) is 10.8. The number of benzene rings is 2. The third-order valence-electron chi connectivity index (χ3n) is 4.48. The van der Waals surface area contributed by atoms with Crippen molar-refractivity contribution in [2.24, 2.45) is 0 Å². The van der Waals surface area contributed by atoms with Gasteiger partial charge in [-0.15, -0.1) is 0 Å². The molecule has 2 rings (SSSR count). The van der Waals surface area contributed by atoms with Crippen LogP contribution in [0.1, 0.15) is 29.8 Å². The van der Waals surface area contributed by atoms with Crippen molar-refractivity contribution in [2.75, 3.05) is 19.5 Å². The van der Waals surface area contributed by atoms with Crippen molar-refractivity contribution in [1.29, 1.82) is 0 Å². The number of ketones is 1. The fourth-order valence-corrected chi connectivity index (χ4v) is 2.66. The van der Waals surface area contributed by atoms with Crippen LogP contribution in [0.3, 0.4) is 0 Å². The predicted molar refractivity (Wildman–Crippen MR) is 106 cm³/mol. The van der Waals surface area contributed by atoms with Crippen molar-refractivity contribution in [3.05, 3.63) is 53.6 Å². The van der Waals surface area contributed by atoms with Crippen LogP contribution >= 0.6 is 0 Å². The Morgan fingerprint density at radius 3 is 2.31 bits per heavy atom. The molecule has 0 bridgehead atoms. The number of amides is 1. The van der Waals surface area contributed by atoms with Crippen molar-refractivity contribution in [2.45, 2.75) is 33.0 Å². The first-order valence-corrected chi connectivity index (χ1v) is 8.95. The number of methoxy groups -OCH3 is 1.